The van der Waals surface area contributed by atoms with Gasteiger partial charge in [-0.3, -0.25) is 4.79 Å². The Bertz CT molecular complexity index is 1170. The van der Waals surface area contributed by atoms with Gasteiger partial charge in [-0.1, -0.05) is 18.2 Å². The highest BCUT2D eigenvalue weighted by atomic mass is 16.7. The van der Waals surface area contributed by atoms with Gasteiger partial charge in [-0.05, 0) is 90.9 Å². The summed E-state index contributed by atoms with van der Waals surface area (Å²) in [4.78, 5) is 13.2. The highest BCUT2D eigenvalue weighted by Crippen LogP contribution is 2.51. The molecule has 152 valence electrons. The van der Waals surface area contributed by atoms with E-state index in [2.05, 4.69) is 19.2 Å². The van der Waals surface area contributed by atoms with Crippen LogP contribution in [0, 0.1) is 13.8 Å². The first-order valence-electron chi connectivity index (χ1n) is 10.1. The SMILES string of the molecule is Cc1ccc(N)cc1-c1cc(NC(=O)C2(c3ccc4c(c3)OCO4)CC2)ccc1C. The average Bonchev–Trinajstić information content (AvgIpc) is 3.42. The summed E-state index contributed by atoms with van der Waals surface area (Å²) in [5.41, 5.74) is 12.4. The molecule has 0 radical (unpaired) electrons. The van der Waals surface area contributed by atoms with Gasteiger partial charge in [-0.15, -0.1) is 0 Å². The van der Waals surface area contributed by atoms with Gasteiger partial charge in [-0.2, -0.15) is 0 Å². The van der Waals surface area contributed by atoms with Crippen LogP contribution in [0.15, 0.2) is 54.6 Å². The van der Waals surface area contributed by atoms with Gasteiger partial charge in [0.05, 0.1) is 5.41 Å². The number of carbonyl (C=O) groups is 1. The van der Waals surface area contributed by atoms with Gasteiger partial charge in [0.2, 0.25) is 12.7 Å². The maximum atomic E-state index is 13.2. The van der Waals surface area contributed by atoms with Crippen molar-refractivity contribution in [2.75, 3.05) is 17.8 Å². The van der Waals surface area contributed by atoms with Crippen LogP contribution in [0.25, 0.3) is 11.1 Å². The molecule has 3 aromatic carbocycles. The second kappa shape index (κ2) is 6.80. The summed E-state index contributed by atoms with van der Waals surface area (Å²) in [5.74, 6) is 1.46. The lowest BCUT2D eigenvalue weighted by Gasteiger charge is -2.18. The summed E-state index contributed by atoms with van der Waals surface area (Å²) in [7, 11) is 0. The van der Waals surface area contributed by atoms with Crippen LogP contribution in [0.5, 0.6) is 11.5 Å². The molecule has 1 heterocycles. The molecular weight excluding hydrogens is 376 g/mol. The number of benzene rings is 3. The Morgan fingerprint density at radius 2 is 1.60 bits per heavy atom. The number of nitrogens with one attached hydrogen (secondary N) is 1. The van der Waals surface area contributed by atoms with Crippen LogP contribution >= 0.6 is 0 Å². The highest BCUT2D eigenvalue weighted by molar-refractivity contribution is 6.02. The second-order valence-electron chi connectivity index (χ2n) is 8.21. The van der Waals surface area contributed by atoms with Crippen molar-refractivity contribution in [1.29, 1.82) is 0 Å². The van der Waals surface area contributed by atoms with Gasteiger partial charge in [0, 0.05) is 11.4 Å². The van der Waals surface area contributed by atoms with Crippen molar-refractivity contribution in [3.63, 3.8) is 0 Å². The molecule has 2 aliphatic rings. The number of fused-ring (bicyclic) bond motifs is 1. The molecule has 1 fully saturated rings. The van der Waals surface area contributed by atoms with Gasteiger partial charge in [0.1, 0.15) is 0 Å². The van der Waals surface area contributed by atoms with Gasteiger partial charge in [-0.25, -0.2) is 0 Å². The van der Waals surface area contributed by atoms with Gasteiger partial charge in [0.15, 0.2) is 11.5 Å². The van der Waals surface area contributed by atoms with Crippen LogP contribution in [0.1, 0.15) is 29.5 Å². The molecule has 5 nitrogen and oxygen atoms in total. The number of nitrogen functional groups attached to an aromatic ring is 1. The predicted octanol–water partition coefficient (Wildman–Crippen LogP) is 4.95. The lowest BCUT2D eigenvalue weighted by molar-refractivity contribution is -0.118. The maximum absolute atomic E-state index is 13.2. The van der Waals surface area contributed by atoms with E-state index in [1.54, 1.807) is 0 Å². The molecular formula is C25H24N2O3. The molecule has 0 atom stereocenters. The monoisotopic (exact) mass is 400 g/mol. The van der Waals surface area contributed by atoms with E-state index in [4.69, 9.17) is 15.2 Å². The fourth-order valence-electron chi connectivity index (χ4n) is 4.14. The molecule has 5 heteroatoms. The smallest absolute Gasteiger partial charge is 0.235 e. The Kier molecular flexibility index (Phi) is 4.21. The topological polar surface area (TPSA) is 73.6 Å². The predicted molar refractivity (Wildman–Crippen MR) is 118 cm³/mol. The minimum Gasteiger partial charge on any atom is -0.454 e. The van der Waals surface area contributed by atoms with Gasteiger partial charge < -0.3 is 20.5 Å². The van der Waals surface area contributed by atoms with E-state index in [9.17, 15) is 4.79 Å². The van der Waals surface area contributed by atoms with Crippen LogP contribution in [-0.4, -0.2) is 12.7 Å². The van der Waals surface area contributed by atoms with Crippen molar-refractivity contribution in [2.24, 2.45) is 0 Å². The zero-order valence-electron chi connectivity index (χ0n) is 17.1. The van der Waals surface area contributed by atoms with Crippen LogP contribution in [0.3, 0.4) is 0 Å². The Hall–Kier alpha value is -3.47. The molecule has 0 saturated heterocycles. The van der Waals surface area contributed by atoms with E-state index < -0.39 is 5.41 Å². The third kappa shape index (κ3) is 3.07. The molecule has 1 saturated carbocycles. The maximum Gasteiger partial charge on any atom is 0.235 e. The Balaban J connectivity index is 1.43. The molecule has 0 unspecified atom stereocenters. The number of amides is 1. The summed E-state index contributed by atoms with van der Waals surface area (Å²) in [6.07, 6.45) is 1.65. The number of nitrogens with two attached hydrogens (primary N) is 1. The molecule has 0 spiro atoms. The lowest BCUT2D eigenvalue weighted by atomic mass is 9.93. The van der Waals surface area contributed by atoms with Gasteiger partial charge in [0.25, 0.3) is 0 Å². The quantitative estimate of drug-likeness (QED) is 0.608. The van der Waals surface area contributed by atoms with Crippen molar-refractivity contribution in [3.8, 4) is 22.6 Å². The molecule has 3 N–H and O–H groups in total. The Labute approximate surface area is 175 Å². The van der Waals surface area contributed by atoms with E-state index in [0.717, 1.165) is 57.8 Å². The van der Waals surface area contributed by atoms with E-state index in [1.165, 1.54) is 0 Å². The number of hydrogen-bond acceptors (Lipinski definition) is 4. The summed E-state index contributed by atoms with van der Waals surface area (Å²) in [5, 5.41) is 3.14. The molecule has 0 aromatic heterocycles. The van der Waals surface area contributed by atoms with Crippen molar-refractivity contribution in [2.45, 2.75) is 32.1 Å². The summed E-state index contributed by atoms with van der Waals surface area (Å²) < 4.78 is 10.9. The Morgan fingerprint density at radius 1 is 0.900 bits per heavy atom. The van der Waals surface area contributed by atoms with E-state index in [0.29, 0.717) is 5.75 Å². The van der Waals surface area contributed by atoms with Crippen molar-refractivity contribution >= 4 is 17.3 Å². The number of rotatable bonds is 4. The van der Waals surface area contributed by atoms with E-state index >= 15 is 0 Å². The molecule has 1 amide bonds. The van der Waals surface area contributed by atoms with Crippen LogP contribution in [-0.2, 0) is 10.2 Å². The Morgan fingerprint density at radius 3 is 2.37 bits per heavy atom. The minimum absolute atomic E-state index is 0.0143. The molecule has 0 bridgehead atoms. The average molecular weight is 400 g/mol. The molecule has 5 rings (SSSR count). The number of ether oxygens (including phenoxy) is 2. The fraction of sp³-hybridized carbons (Fsp3) is 0.240. The number of hydrogen-bond donors (Lipinski definition) is 2. The zero-order valence-corrected chi connectivity index (χ0v) is 17.1. The third-order valence-electron chi connectivity index (χ3n) is 6.16. The zero-order chi connectivity index (χ0) is 20.9. The number of carbonyl (C=O) groups excluding carboxylic acids is 1. The first-order chi connectivity index (χ1) is 14.5. The highest BCUT2D eigenvalue weighted by Gasteiger charge is 2.51. The first-order valence-corrected chi connectivity index (χ1v) is 10.1. The first kappa shape index (κ1) is 18.6. The fourth-order valence-corrected chi connectivity index (χ4v) is 4.14. The molecule has 3 aromatic rings. The number of aryl methyl sites for hydroxylation is 2. The number of anilines is 2. The van der Waals surface area contributed by atoms with Crippen LogP contribution in [0.2, 0.25) is 0 Å². The molecule has 1 aliphatic carbocycles. The molecule has 30 heavy (non-hydrogen) atoms. The van der Waals surface area contributed by atoms with Crippen molar-refractivity contribution in [3.05, 3.63) is 71.3 Å². The summed E-state index contributed by atoms with van der Waals surface area (Å²) in [6.45, 7) is 4.37. The van der Waals surface area contributed by atoms with Crippen LogP contribution in [0.4, 0.5) is 11.4 Å². The van der Waals surface area contributed by atoms with Crippen LogP contribution < -0.4 is 20.5 Å². The normalized spacial score (nSPS) is 15.7. The van der Waals surface area contributed by atoms with Gasteiger partial charge >= 0.3 is 0 Å². The largest absolute Gasteiger partial charge is 0.454 e. The summed E-state index contributed by atoms with van der Waals surface area (Å²) in [6, 6.07) is 17.7. The third-order valence-corrected chi connectivity index (χ3v) is 6.16. The van der Waals surface area contributed by atoms with E-state index in [1.807, 2.05) is 54.6 Å². The van der Waals surface area contributed by atoms with E-state index in [-0.39, 0.29) is 12.7 Å². The molecule has 1 aliphatic heterocycles. The minimum atomic E-state index is -0.501. The second-order valence-corrected chi connectivity index (χ2v) is 8.21. The summed E-state index contributed by atoms with van der Waals surface area (Å²) >= 11 is 0. The van der Waals surface area contributed by atoms with Crippen molar-refractivity contribution in [1.82, 2.24) is 0 Å². The standard InChI is InChI=1S/C25H24N2O3/c1-15-3-6-18(26)12-20(15)21-13-19(7-4-16(21)2)27-24(28)25(9-10-25)17-5-8-22-23(11-17)30-14-29-22/h3-8,11-13H,9-10,14,26H2,1-2H3,(H,27,28). The van der Waals surface area contributed by atoms with Crippen molar-refractivity contribution < 1.29 is 14.3 Å². The lowest BCUT2D eigenvalue weighted by Crippen LogP contribution is -2.27.